The number of carbonyl (C=O) groups is 2. The van der Waals surface area contributed by atoms with E-state index in [2.05, 4.69) is 37.9 Å². The molecule has 1 spiro atoms. The number of carbonyl (C=O) groups excluding carboxylic acids is 2. The highest BCUT2D eigenvalue weighted by Crippen LogP contribution is 2.33. The summed E-state index contributed by atoms with van der Waals surface area (Å²) >= 11 is 0. The molecule has 0 atom stereocenters. The van der Waals surface area contributed by atoms with E-state index >= 15 is 0 Å². The van der Waals surface area contributed by atoms with Crippen LogP contribution in [0.5, 0.6) is 0 Å². The molecule has 0 saturated carbocycles. The van der Waals surface area contributed by atoms with Gasteiger partial charge in [0.1, 0.15) is 6.54 Å². The number of ether oxygens (including phenoxy) is 3. The van der Waals surface area contributed by atoms with E-state index in [1.54, 1.807) is 0 Å². The number of anilines is 2. The van der Waals surface area contributed by atoms with Crippen molar-refractivity contribution in [3.63, 3.8) is 0 Å². The highest BCUT2D eigenvalue weighted by atomic mass is 16.9. The molecule has 1 fully saturated rings. The van der Waals surface area contributed by atoms with E-state index in [1.165, 1.54) is 0 Å². The fraction of sp³-hybridized carbons (Fsp3) is 0.500. The van der Waals surface area contributed by atoms with Gasteiger partial charge in [0.2, 0.25) is 0 Å². The van der Waals surface area contributed by atoms with Gasteiger partial charge in [-0.1, -0.05) is 12.1 Å². The fourth-order valence-electron chi connectivity index (χ4n) is 3.91. The maximum absolute atomic E-state index is 11.9. The third-order valence-electron chi connectivity index (χ3n) is 5.29. The molecule has 0 aliphatic carbocycles. The van der Waals surface area contributed by atoms with Crippen LogP contribution in [0, 0.1) is 0 Å². The minimum absolute atomic E-state index is 0.0523. The molecule has 3 aliphatic heterocycles. The number of nitrogens with zero attached hydrogens (tertiary/aromatic N) is 3. The van der Waals surface area contributed by atoms with Gasteiger partial charge >= 0.3 is 17.9 Å². The van der Waals surface area contributed by atoms with Gasteiger partial charge in [-0.2, -0.15) is 0 Å². The van der Waals surface area contributed by atoms with Crippen LogP contribution in [0.15, 0.2) is 41.4 Å². The fourth-order valence-corrected chi connectivity index (χ4v) is 3.91. The average Bonchev–Trinajstić information content (AvgIpc) is 2.93. The van der Waals surface area contributed by atoms with Crippen molar-refractivity contribution in [1.82, 2.24) is 4.90 Å². The molecule has 1 N–H and O–H groups in total. The second kappa shape index (κ2) is 7.88. The molecule has 0 bridgehead atoms. The van der Waals surface area contributed by atoms with Gasteiger partial charge in [0.25, 0.3) is 0 Å². The zero-order chi connectivity index (χ0) is 22.2. The van der Waals surface area contributed by atoms with Crippen LogP contribution in [0.25, 0.3) is 0 Å². The van der Waals surface area contributed by atoms with Crippen molar-refractivity contribution in [3.8, 4) is 0 Å². The summed E-state index contributed by atoms with van der Waals surface area (Å²) in [6, 6.07) is 8.09. The number of esters is 2. The van der Waals surface area contributed by atoms with Gasteiger partial charge in [0, 0.05) is 31.3 Å². The van der Waals surface area contributed by atoms with E-state index in [9.17, 15) is 9.59 Å². The Bertz CT molecular complexity index is 920. The Hall–Kier alpha value is -3.07. The summed E-state index contributed by atoms with van der Waals surface area (Å²) in [4.78, 5) is 32.9. The van der Waals surface area contributed by atoms with E-state index in [4.69, 9.17) is 19.2 Å². The number of hydrogen-bond donors (Lipinski definition) is 1. The first kappa shape index (κ1) is 21.2. The lowest BCUT2D eigenvalue weighted by Crippen LogP contribution is -2.56. The molecule has 31 heavy (non-hydrogen) atoms. The number of para-hydroxylation sites is 2. The van der Waals surface area contributed by atoms with Gasteiger partial charge in [-0.15, -0.1) is 0 Å². The van der Waals surface area contributed by atoms with Crippen LogP contribution in [0.4, 0.5) is 11.4 Å². The number of nitrogens with one attached hydrogen (secondary N) is 1. The van der Waals surface area contributed by atoms with Gasteiger partial charge in [-0.25, -0.2) is 14.6 Å². The molecular formula is C22H28N4O5. The quantitative estimate of drug-likeness (QED) is 0.732. The molecule has 1 aromatic rings. The summed E-state index contributed by atoms with van der Waals surface area (Å²) in [7, 11) is 0. The second-order valence-corrected chi connectivity index (χ2v) is 8.74. The Morgan fingerprint density at radius 3 is 2.42 bits per heavy atom. The lowest BCUT2D eigenvalue weighted by molar-refractivity contribution is -0.341. The monoisotopic (exact) mass is 428 g/mol. The maximum Gasteiger partial charge on any atom is 0.395 e. The third kappa shape index (κ3) is 4.51. The number of benzene rings is 1. The summed E-state index contributed by atoms with van der Waals surface area (Å²) < 4.78 is 16.3. The molecule has 3 aliphatic rings. The molecular weight excluding hydrogens is 400 g/mol. The smallest absolute Gasteiger partial charge is 0.393 e. The van der Waals surface area contributed by atoms with E-state index in [0.717, 1.165) is 36.0 Å². The van der Waals surface area contributed by atoms with Gasteiger partial charge in [-0.05, 0) is 39.8 Å². The van der Waals surface area contributed by atoms with Crippen molar-refractivity contribution in [2.45, 2.75) is 45.2 Å². The molecule has 0 radical (unpaired) electrons. The largest absolute Gasteiger partial charge is 0.395 e. The molecule has 9 nitrogen and oxygen atoms in total. The lowest BCUT2D eigenvalue weighted by atomic mass is 10.1. The molecule has 166 valence electrons. The normalized spacial score (nSPS) is 22.3. The van der Waals surface area contributed by atoms with Crippen LogP contribution < -0.4 is 10.2 Å². The SMILES string of the molecule is CC(C)N1CC(C)(C)N=C1Nc1ccccc1N1CCOC2(C1)OC(=O)C=CC(=O)O2. The lowest BCUT2D eigenvalue weighted by Gasteiger charge is -2.40. The van der Waals surface area contributed by atoms with E-state index in [1.807, 2.05) is 29.2 Å². The van der Waals surface area contributed by atoms with Crippen molar-refractivity contribution in [1.29, 1.82) is 0 Å². The van der Waals surface area contributed by atoms with Crippen LogP contribution in [0.3, 0.4) is 0 Å². The third-order valence-corrected chi connectivity index (χ3v) is 5.29. The number of aliphatic imine (C=N–C) groups is 1. The molecule has 4 rings (SSSR count). The average molecular weight is 428 g/mol. The minimum atomic E-state index is -1.78. The van der Waals surface area contributed by atoms with Gasteiger partial charge < -0.3 is 29.3 Å². The Labute approximate surface area is 181 Å². The van der Waals surface area contributed by atoms with E-state index in [-0.39, 0.29) is 18.7 Å². The van der Waals surface area contributed by atoms with Gasteiger partial charge in [0.05, 0.1) is 23.5 Å². The molecule has 0 amide bonds. The summed E-state index contributed by atoms with van der Waals surface area (Å²) in [6.07, 6.45) is 2.07. The standard InChI is InChI=1S/C22H28N4O5/c1-15(2)26-13-21(3,4)24-20(26)23-16-7-5-6-8-17(16)25-11-12-29-22(14-25)30-18(27)9-10-19(28)31-22/h5-10,15H,11-14H2,1-4H3,(H,23,24). The number of morpholine rings is 1. The Morgan fingerprint density at radius 1 is 1.06 bits per heavy atom. The predicted molar refractivity (Wildman–Crippen MR) is 116 cm³/mol. The zero-order valence-corrected chi connectivity index (χ0v) is 18.3. The molecule has 1 saturated heterocycles. The number of guanidine groups is 1. The molecule has 1 aromatic carbocycles. The van der Waals surface area contributed by atoms with Gasteiger partial charge in [-0.3, -0.25) is 0 Å². The Morgan fingerprint density at radius 2 is 1.74 bits per heavy atom. The first-order chi connectivity index (χ1) is 14.7. The van der Waals surface area contributed by atoms with E-state index < -0.39 is 17.9 Å². The number of rotatable bonds is 3. The number of hydrogen-bond acceptors (Lipinski definition) is 9. The zero-order valence-electron chi connectivity index (χ0n) is 18.3. The van der Waals surface area contributed by atoms with Crippen molar-refractivity contribution in [2.24, 2.45) is 4.99 Å². The first-order valence-corrected chi connectivity index (χ1v) is 10.4. The molecule has 3 heterocycles. The van der Waals surface area contributed by atoms with Crippen molar-refractivity contribution in [3.05, 3.63) is 36.4 Å². The highest BCUT2D eigenvalue weighted by Gasteiger charge is 2.46. The topological polar surface area (TPSA) is 92.7 Å². The predicted octanol–water partition coefficient (Wildman–Crippen LogP) is 2.10. The van der Waals surface area contributed by atoms with Crippen LogP contribution in [0.2, 0.25) is 0 Å². The van der Waals surface area contributed by atoms with Gasteiger partial charge in [0.15, 0.2) is 5.96 Å². The maximum atomic E-state index is 11.9. The Kier molecular flexibility index (Phi) is 5.38. The van der Waals surface area contributed by atoms with Crippen molar-refractivity contribution >= 4 is 29.3 Å². The molecule has 9 heteroatoms. The molecule has 0 aromatic heterocycles. The van der Waals surface area contributed by atoms with Crippen LogP contribution >= 0.6 is 0 Å². The minimum Gasteiger partial charge on any atom is -0.393 e. The summed E-state index contributed by atoms with van der Waals surface area (Å²) in [5, 5.41) is 3.48. The van der Waals surface area contributed by atoms with Crippen LogP contribution in [-0.2, 0) is 23.8 Å². The summed E-state index contributed by atoms with van der Waals surface area (Å²) in [5.74, 6) is -2.34. The van der Waals surface area contributed by atoms with Crippen LogP contribution in [-0.4, -0.2) is 66.6 Å². The summed E-state index contributed by atoms with van der Waals surface area (Å²) in [6.45, 7) is 10.1. The first-order valence-electron chi connectivity index (χ1n) is 10.4. The Balaban J connectivity index is 1.60. The van der Waals surface area contributed by atoms with Crippen molar-refractivity contribution < 1.29 is 23.8 Å². The van der Waals surface area contributed by atoms with E-state index in [0.29, 0.717) is 12.6 Å². The van der Waals surface area contributed by atoms with Crippen molar-refractivity contribution in [2.75, 3.05) is 36.5 Å². The second-order valence-electron chi connectivity index (χ2n) is 8.74. The summed E-state index contributed by atoms with van der Waals surface area (Å²) in [5.41, 5.74) is 1.54. The molecule has 0 unspecified atom stereocenters. The highest BCUT2D eigenvalue weighted by molar-refractivity contribution is 5.98. The van der Waals surface area contributed by atoms with Crippen LogP contribution in [0.1, 0.15) is 27.7 Å².